The van der Waals surface area contributed by atoms with Gasteiger partial charge in [0.25, 0.3) is 0 Å². The van der Waals surface area contributed by atoms with Gasteiger partial charge in [-0.3, -0.25) is 4.90 Å². The largest absolute Gasteiger partial charge is 0.481 e. The molecule has 0 bridgehead atoms. The van der Waals surface area contributed by atoms with Crippen LogP contribution >= 0.6 is 0 Å². The molecule has 25 heavy (non-hydrogen) atoms. The molecule has 5 nitrogen and oxygen atoms in total. The molecule has 128 valence electrons. The maximum Gasteiger partial charge on any atom is 0.217 e. The Bertz CT molecular complexity index is 830. The van der Waals surface area contributed by atoms with Gasteiger partial charge in [-0.05, 0) is 18.1 Å². The van der Waals surface area contributed by atoms with E-state index in [1.54, 1.807) is 13.3 Å². The van der Waals surface area contributed by atoms with Crippen LogP contribution in [0.15, 0.2) is 55.0 Å². The van der Waals surface area contributed by atoms with Crippen molar-refractivity contribution in [2.45, 2.75) is 25.4 Å². The van der Waals surface area contributed by atoms with E-state index in [2.05, 4.69) is 56.3 Å². The van der Waals surface area contributed by atoms with E-state index in [1.807, 2.05) is 12.4 Å². The van der Waals surface area contributed by atoms with Crippen molar-refractivity contribution < 1.29 is 4.74 Å². The van der Waals surface area contributed by atoms with Crippen molar-refractivity contribution in [3.05, 3.63) is 77.5 Å². The molecule has 1 aromatic carbocycles. The van der Waals surface area contributed by atoms with Gasteiger partial charge in [0.15, 0.2) is 0 Å². The van der Waals surface area contributed by atoms with Crippen molar-refractivity contribution in [3.8, 4) is 5.88 Å². The van der Waals surface area contributed by atoms with E-state index in [0.29, 0.717) is 5.88 Å². The molecule has 1 N–H and O–H groups in total. The summed E-state index contributed by atoms with van der Waals surface area (Å²) >= 11 is 0. The van der Waals surface area contributed by atoms with Crippen molar-refractivity contribution in [1.82, 2.24) is 19.9 Å². The number of hydrogen-bond donors (Lipinski definition) is 1. The molecule has 5 heteroatoms. The molecule has 4 rings (SSSR count). The van der Waals surface area contributed by atoms with E-state index in [0.717, 1.165) is 37.2 Å². The average Bonchev–Trinajstić information content (AvgIpc) is 3.14. The fourth-order valence-electron chi connectivity index (χ4n) is 3.60. The molecule has 0 fully saturated rings. The molecule has 0 aliphatic carbocycles. The molecule has 0 spiro atoms. The SMILES string of the molecule is COc1ncccc1CN1CCc2[nH]cnc2[C@@H]1Cc1ccccc1. The van der Waals surface area contributed by atoms with Gasteiger partial charge >= 0.3 is 0 Å². The van der Waals surface area contributed by atoms with E-state index in [1.165, 1.54) is 11.3 Å². The van der Waals surface area contributed by atoms with Crippen LogP contribution in [-0.4, -0.2) is 33.5 Å². The predicted octanol–water partition coefficient (Wildman–Crippen LogP) is 3.16. The minimum atomic E-state index is 0.252. The van der Waals surface area contributed by atoms with Crippen molar-refractivity contribution in [2.75, 3.05) is 13.7 Å². The summed E-state index contributed by atoms with van der Waals surface area (Å²) in [6.07, 6.45) is 5.52. The van der Waals surface area contributed by atoms with Crippen molar-refractivity contribution in [3.63, 3.8) is 0 Å². The summed E-state index contributed by atoms with van der Waals surface area (Å²) in [5.41, 5.74) is 4.86. The number of ether oxygens (including phenoxy) is 1. The number of pyridine rings is 1. The number of rotatable bonds is 5. The predicted molar refractivity (Wildman–Crippen MR) is 96.4 cm³/mol. The summed E-state index contributed by atoms with van der Waals surface area (Å²) in [6, 6.07) is 14.9. The Balaban J connectivity index is 1.63. The highest BCUT2D eigenvalue weighted by atomic mass is 16.5. The lowest BCUT2D eigenvalue weighted by Gasteiger charge is -2.35. The van der Waals surface area contributed by atoms with Gasteiger partial charge in [0.1, 0.15) is 0 Å². The lowest BCUT2D eigenvalue weighted by molar-refractivity contribution is 0.168. The second kappa shape index (κ2) is 7.07. The molecule has 3 aromatic rings. The zero-order chi connectivity index (χ0) is 17.1. The Morgan fingerprint density at radius 3 is 2.88 bits per heavy atom. The lowest BCUT2D eigenvalue weighted by Crippen LogP contribution is -2.36. The normalized spacial score (nSPS) is 17.2. The van der Waals surface area contributed by atoms with Crippen LogP contribution < -0.4 is 4.74 Å². The van der Waals surface area contributed by atoms with Gasteiger partial charge in [0.2, 0.25) is 5.88 Å². The van der Waals surface area contributed by atoms with E-state index in [4.69, 9.17) is 4.74 Å². The van der Waals surface area contributed by atoms with Crippen molar-refractivity contribution >= 4 is 0 Å². The van der Waals surface area contributed by atoms with Crippen LogP contribution in [0.2, 0.25) is 0 Å². The number of nitrogens with zero attached hydrogens (tertiary/aromatic N) is 3. The van der Waals surface area contributed by atoms with Gasteiger partial charge in [-0.1, -0.05) is 36.4 Å². The summed E-state index contributed by atoms with van der Waals surface area (Å²) < 4.78 is 5.44. The molecule has 3 heterocycles. The minimum absolute atomic E-state index is 0.252. The quantitative estimate of drug-likeness (QED) is 0.779. The molecule has 1 aliphatic heterocycles. The number of fused-ring (bicyclic) bond motifs is 1. The fourth-order valence-corrected chi connectivity index (χ4v) is 3.60. The van der Waals surface area contributed by atoms with Crippen LogP contribution in [-0.2, 0) is 19.4 Å². The Kier molecular flexibility index (Phi) is 4.48. The van der Waals surface area contributed by atoms with E-state index in [-0.39, 0.29) is 6.04 Å². The zero-order valence-electron chi connectivity index (χ0n) is 14.4. The third kappa shape index (κ3) is 3.28. The summed E-state index contributed by atoms with van der Waals surface area (Å²) in [5, 5.41) is 0. The first-order valence-electron chi connectivity index (χ1n) is 8.63. The van der Waals surface area contributed by atoms with Crippen LogP contribution in [0.4, 0.5) is 0 Å². The molecule has 1 atom stereocenters. The number of aromatic nitrogens is 3. The highest BCUT2D eigenvalue weighted by Gasteiger charge is 2.30. The lowest BCUT2D eigenvalue weighted by atomic mass is 9.95. The van der Waals surface area contributed by atoms with Crippen LogP contribution in [0.5, 0.6) is 5.88 Å². The van der Waals surface area contributed by atoms with E-state index in [9.17, 15) is 0 Å². The number of benzene rings is 1. The first-order valence-corrected chi connectivity index (χ1v) is 8.63. The maximum atomic E-state index is 5.44. The first-order chi connectivity index (χ1) is 12.3. The van der Waals surface area contributed by atoms with Crippen molar-refractivity contribution in [2.24, 2.45) is 0 Å². The Hall–Kier alpha value is -2.66. The summed E-state index contributed by atoms with van der Waals surface area (Å²) in [5.74, 6) is 0.703. The molecule has 0 amide bonds. The van der Waals surface area contributed by atoms with Crippen LogP contribution in [0.3, 0.4) is 0 Å². The molecule has 0 saturated heterocycles. The average molecular weight is 334 g/mol. The van der Waals surface area contributed by atoms with Crippen molar-refractivity contribution in [1.29, 1.82) is 0 Å². The second-order valence-corrected chi connectivity index (χ2v) is 6.36. The van der Waals surface area contributed by atoms with Gasteiger partial charge in [-0.15, -0.1) is 0 Å². The highest BCUT2D eigenvalue weighted by molar-refractivity contribution is 5.28. The zero-order valence-corrected chi connectivity index (χ0v) is 14.4. The van der Waals surface area contributed by atoms with Gasteiger partial charge in [-0.25, -0.2) is 9.97 Å². The molecule has 0 radical (unpaired) electrons. The monoisotopic (exact) mass is 334 g/mol. The summed E-state index contributed by atoms with van der Waals surface area (Å²) in [7, 11) is 1.68. The van der Waals surface area contributed by atoms with E-state index < -0.39 is 0 Å². The third-order valence-electron chi connectivity index (χ3n) is 4.85. The topological polar surface area (TPSA) is 54.0 Å². The number of H-pyrrole nitrogens is 1. The fraction of sp³-hybridized carbons (Fsp3) is 0.300. The van der Waals surface area contributed by atoms with Gasteiger partial charge in [-0.2, -0.15) is 0 Å². The van der Waals surface area contributed by atoms with Gasteiger partial charge in [0, 0.05) is 37.0 Å². The summed E-state index contributed by atoms with van der Waals surface area (Å²) in [4.78, 5) is 14.7. The molecular formula is C20H22N4O. The number of nitrogens with one attached hydrogen (secondary N) is 1. The maximum absolute atomic E-state index is 5.44. The number of imidazole rings is 1. The van der Waals surface area contributed by atoms with Crippen LogP contribution in [0, 0.1) is 0 Å². The molecule has 1 aliphatic rings. The number of aromatic amines is 1. The first kappa shape index (κ1) is 15.8. The Morgan fingerprint density at radius 2 is 2.04 bits per heavy atom. The molecule has 0 saturated carbocycles. The number of hydrogen-bond acceptors (Lipinski definition) is 4. The van der Waals surface area contributed by atoms with Gasteiger partial charge in [0.05, 0.1) is 25.2 Å². The summed E-state index contributed by atoms with van der Waals surface area (Å²) in [6.45, 7) is 1.80. The smallest absolute Gasteiger partial charge is 0.217 e. The van der Waals surface area contributed by atoms with Crippen LogP contribution in [0.1, 0.15) is 28.6 Å². The standard InChI is InChI=1S/C20H22N4O/c1-25-20-16(8-5-10-21-20)13-24-11-9-17-19(23-14-22-17)18(24)12-15-6-3-2-4-7-15/h2-8,10,14,18H,9,11-13H2,1H3,(H,22,23)/t18-/m0/s1. The molecule has 0 unspecified atom stereocenters. The number of methoxy groups -OCH3 is 1. The Morgan fingerprint density at radius 1 is 1.16 bits per heavy atom. The molecular weight excluding hydrogens is 312 g/mol. The molecule has 2 aromatic heterocycles. The third-order valence-corrected chi connectivity index (χ3v) is 4.85. The minimum Gasteiger partial charge on any atom is -0.481 e. The van der Waals surface area contributed by atoms with E-state index >= 15 is 0 Å². The second-order valence-electron chi connectivity index (χ2n) is 6.36. The Labute approximate surface area is 147 Å². The highest BCUT2D eigenvalue weighted by Crippen LogP contribution is 2.32. The van der Waals surface area contributed by atoms with Gasteiger partial charge < -0.3 is 9.72 Å². The van der Waals surface area contributed by atoms with Crippen LogP contribution in [0.25, 0.3) is 0 Å².